The summed E-state index contributed by atoms with van der Waals surface area (Å²) in [5, 5.41) is 10.7. The minimum absolute atomic E-state index is 0.604. The van der Waals surface area contributed by atoms with E-state index in [4.69, 9.17) is 5.73 Å². The highest BCUT2D eigenvalue weighted by Crippen LogP contribution is 2.30. The van der Waals surface area contributed by atoms with Crippen LogP contribution >= 0.6 is 0 Å². The summed E-state index contributed by atoms with van der Waals surface area (Å²) in [6.07, 6.45) is 18.6. The van der Waals surface area contributed by atoms with Gasteiger partial charge in [-0.3, -0.25) is 15.1 Å². The third kappa shape index (κ3) is 3.38. The zero-order valence-corrected chi connectivity index (χ0v) is 17.2. The number of nitrogens with zero attached hydrogens (tertiary/aromatic N) is 3. The third-order valence-electron chi connectivity index (χ3n) is 5.45. The Bertz CT molecular complexity index is 1500. The van der Waals surface area contributed by atoms with Gasteiger partial charge in [0, 0.05) is 40.3 Å². The first-order chi connectivity index (χ1) is 15.1. The quantitative estimate of drug-likeness (QED) is 0.483. The van der Waals surface area contributed by atoms with Gasteiger partial charge in [-0.15, -0.1) is 0 Å². The molecule has 0 saturated carbocycles. The first-order valence-corrected chi connectivity index (χ1v) is 10.1. The molecule has 4 aromatic rings. The summed E-state index contributed by atoms with van der Waals surface area (Å²) in [6.45, 7) is 6.20. The molecule has 152 valence electrons. The summed E-state index contributed by atoms with van der Waals surface area (Å²) >= 11 is 0. The summed E-state index contributed by atoms with van der Waals surface area (Å²) < 4.78 is 0. The number of fused-ring (bicyclic) bond motifs is 1. The van der Waals surface area contributed by atoms with Crippen molar-refractivity contribution in [3.05, 3.63) is 83.4 Å². The first-order valence-electron chi connectivity index (χ1n) is 10.1. The second kappa shape index (κ2) is 7.57. The van der Waals surface area contributed by atoms with Crippen LogP contribution in [0.4, 0.5) is 5.69 Å². The van der Waals surface area contributed by atoms with Crippen molar-refractivity contribution in [3.8, 4) is 11.4 Å². The Kier molecular flexibility index (Phi) is 4.59. The predicted molar refractivity (Wildman–Crippen MR) is 127 cm³/mol. The summed E-state index contributed by atoms with van der Waals surface area (Å²) in [5.41, 5.74) is 13.2. The number of H-pyrrole nitrogens is 2. The van der Waals surface area contributed by atoms with Gasteiger partial charge in [-0.1, -0.05) is 30.9 Å². The number of hydrogen-bond acceptors (Lipinski definition) is 4. The fraction of sp³-hybridized carbons (Fsp3) is 0.0800. The molecule has 4 N–H and O–H groups in total. The number of aromatic nitrogens is 5. The van der Waals surface area contributed by atoms with Crippen LogP contribution in [0.5, 0.6) is 0 Å². The topological polar surface area (TPSA) is 96.3 Å². The van der Waals surface area contributed by atoms with Crippen molar-refractivity contribution >= 4 is 39.9 Å². The fourth-order valence-electron chi connectivity index (χ4n) is 3.89. The van der Waals surface area contributed by atoms with Gasteiger partial charge < -0.3 is 10.7 Å². The fourth-order valence-corrected chi connectivity index (χ4v) is 3.89. The highest BCUT2D eigenvalue weighted by atomic mass is 15.1. The van der Waals surface area contributed by atoms with Gasteiger partial charge >= 0.3 is 0 Å². The maximum Gasteiger partial charge on any atom is 0.116 e. The third-order valence-corrected chi connectivity index (χ3v) is 5.45. The van der Waals surface area contributed by atoms with Crippen LogP contribution in [0.1, 0.15) is 24.5 Å². The number of nitrogens with one attached hydrogen (secondary N) is 2. The van der Waals surface area contributed by atoms with E-state index in [2.05, 4.69) is 56.0 Å². The van der Waals surface area contributed by atoms with Crippen molar-refractivity contribution in [3.63, 3.8) is 0 Å². The van der Waals surface area contributed by atoms with E-state index in [1.54, 1.807) is 12.4 Å². The molecule has 0 amide bonds. The number of nitrogens with two attached hydrogens (primary N) is 1. The highest BCUT2D eigenvalue weighted by Gasteiger charge is 2.14. The molecule has 0 unspecified atom stereocenters. The zero-order valence-electron chi connectivity index (χ0n) is 17.2. The van der Waals surface area contributed by atoms with E-state index in [0.717, 1.165) is 56.0 Å². The van der Waals surface area contributed by atoms with Crippen LogP contribution in [0.25, 0.3) is 45.6 Å². The van der Waals surface area contributed by atoms with E-state index >= 15 is 0 Å². The van der Waals surface area contributed by atoms with Crippen molar-refractivity contribution in [2.24, 2.45) is 0 Å². The second-order valence-electron chi connectivity index (χ2n) is 7.49. The van der Waals surface area contributed by atoms with Gasteiger partial charge in [-0.2, -0.15) is 5.10 Å². The van der Waals surface area contributed by atoms with E-state index in [9.17, 15) is 0 Å². The molecule has 6 heteroatoms. The van der Waals surface area contributed by atoms with Crippen LogP contribution in [0.3, 0.4) is 0 Å². The van der Waals surface area contributed by atoms with Gasteiger partial charge in [-0.05, 0) is 42.7 Å². The molecular weight excluding hydrogens is 384 g/mol. The standard InChI is InChI=1S/C25H22N6/c1-3-22-20(8-15(2)17-9-18(26)12-27-11-17)25(31-30-22)23-10-19-21(16-6-4-5-7-16)13-28-14-24(19)29-23/h3-4,6-14,29-30H,2,5,26H2,1H3/b20-8+,22-3+. The molecule has 31 heavy (non-hydrogen) atoms. The van der Waals surface area contributed by atoms with Crippen LogP contribution in [0, 0.1) is 0 Å². The summed E-state index contributed by atoms with van der Waals surface area (Å²) in [5.74, 6) is 0. The number of allylic oxidation sites excluding steroid dienone is 5. The van der Waals surface area contributed by atoms with Gasteiger partial charge in [0.15, 0.2) is 0 Å². The molecule has 0 aromatic carbocycles. The molecule has 0 spiro atoms. The summed E-state index contributed by atoms with van der Waals surface area (Å²) in [6, 6.07) is 4.00. The Morgan fingerprint density at radius 1 is 1.16 bits per heavy atom. The average molecular weight is 406 g/mol. The predicted octanol–water partition coefficient (Wildman–Crippen LogP) is 3.57. The zero-order chi connectivity index (χ0) is 21.4. The maximum atomic E-state index is 5.89. The van der Waals surface area contributed by atoms with Crippen LogP contribution in [0.2, 0.25) is 0 Å². The Morgan fingerprint density at radius 2 is 2.03 bits per heavy atom. The lowest BCUT2D eigenvalue weighted by Crippen LogP contribution is -2.23. The summed E-state index contributed by atoms with van der Waals surface area (Å²) in [4.78, 5) is 12.1. The van der Waals surface area contributed by atoms with E-state index in [1.807, 2.05) is 37.5 Å². The summed E-state index contributed by atoms with van der Waals surface area (Å²) in [7, 11) is 0. The Labute approximate surface area is 179 Å². The molecule has 1 aliphatic rings. The van der Waals surface area contributed by atoms with Gasteiger partial charge in [-0.25, -0.2) is 0 Å². The Hall–Kier alpha value is -4.19. The molecule has 4 aromatic heterocycles. The highest BCUT2D eigenvalue weighted by molar-refractivity contribution is 5.97. The van der Waals surface area contributed by atoms with Gasteiger partial charge in [0.25, 0.3) is 0 Å². The van der Waals surface area contributed by atoms with E-state index in [0.29, 0.717) is 5.69 Å². The molecule has 0 radical (unpaired) electrons. The van der Waals surface area contributed by atoms with Crippen LogP contribution in [-0.4, -0.2) is 25.1 Å². The van der Waals surface area contributed by atoms with Crippen molar-refractivity contribution in [2.75, 3.05) is 5.73 Å². The van der Waals surface area contributed by atoms with E-state index in [-0.39, 0.29) is 0 Å². The van der Waals surface area contributed by atoms with Crippen molar-refractivity contribution < 1.29 is 0 Å². The van der Waals surface area contributed by atoms with E-state index in [1.165, 1.54) is 5.57 Å². The van der Waals surface area contributed by atoms with Crippen LogP contribution < -0.4 is 16.3 Å². The molecule has 0 saturated heterocycles. The smallest absolute Gasteiger partial charge is 0.116 e. The molecule has 0 atom stereocenters. The number of hydrogen-bond donors (Lipinski definition) is 3. The van der Waals surface area contributed by atoms with Crippen molar-refractivity contribution in [1.29, 1.82) is 0 Å². The minimum atomic E-state index is 0.604. The molecular formula is C25H22N6. The van der Waals surface area contributed by atoms with Crippen LogP contribution in [-0.2, 0) is 0 Å². The second-order valence-corrected chi connectivity index (χ2v) is 7.49. The van der Waals surface area contributed by atoms with Crippen LogP contribution in [0.15, 0.2) is 61.7 Å². The molecule has 0 aliphatic heterocycles. The SMILES string of the molecule is C=C(/C=c1/c(-c2cc3c(C4=CCC=C4)cncc3[nH]2)n[nH]/c1=C/C)c1cncc(N)c1. The maximum absolute atomic E-state index is 5.89. The average Bonchev–Trinajstić information content (AvgIpc) is 3.52. The largest absolute Gasteiger partial charge is 0.397 e. The lowest BCUT2D eigenvalue weighted by Gasteiger charge is -2.01. The number of pyridine rings is 2. The molecule has 0 bridgehead atoms. The number of nitrogen functional groups attached to an aromatic ring is 1. The lowest BCUT2D eigenvalue weighted by atomic mass is 10.0. The van der Waals surface area contributed by atoms with Crippen molar-refractivity contribution in [1.82, 2.24) is 25.1 Å². The monoisotopic (exact) mass is 406 g/mol. The number of rotatable bonds is 4. The Morgan fingerprint density at radius 3 is 2.81 bits per heavy atom. The Balaban J connectivity index is 1.66. The minimum Gasteiger partial charge on any atom is -0.397 e. The van der Waals surface area contributed by atoms with Gasteiger partial charge in [0.05, 0.1) is 28.4 Å². The van der Waals surface area contributed by atoms with Gasteiger partial charge in [0.2, 0.25) is 0 Å². The van der Waals surface area contributed by atoms with Crippen molar-refractivity contribution in [2.45, 2.75) is 13.3 Å². The molecule has 0 fully saturated rings. The molecule has 6 nitrogen and oxygen atoms in total. The molecule has 4 heterocycles. The first kappa shape index (κ1) is 18.8. The number of anilines is 1. The normalized spacial score (nSPS) is 14.5. The molecule has 5 rings (SSSR count). The van der Waals surface area contributed by atoms with Gasteiger partial charge in [0.1, 0.15) is 5.69 Å². The van der Waals surface area contributed by atoms with E-state index < -0.39 is 0 Å². The molecule has 1 aliphatic carbocycles. The lowest BCUT2D eigenvalue weighted by molar-refractivity contribution is 1.06. The number of aromatic amines is 2.